The van der Waals surface area contributed by atoms with Gasteiger partial charge in [0.2, 0.25) is 0 Å². The van der Waals surface area contributed by atoms with Crippen LogP contribution in [0.5, 0.6) is 0 Å². The quantitative estimate of drug-likeness (QED) is 0.571. The van der Waals surface area contributed by atoms with E-state index in [1.807, 2.05) is 13.8 Å². The van der Waals surface area contributed by atoms with Crippen molar-refractivity contribution in [2.45, 2.75) is 38.8 Å². The maximum absolute atomic E-state index is 14.6. The van der Waals surface area contributed by atoms with E-state index in [-0.39, 0.29) is 18.0 Å². The van der Waals surface area contributed by atoms with Crippen molar-refractivity contribution in [1.29, 1.82) is 0 Å². The highest BCUT2D eigenvalue weighted by Gasteiger charge is 2.38. The Labute approximate surface area is 171 Å². The van der Waals surface area contributed by atoms with E-state index in [1.165, 1.54) is 18.3 Å². The van der Waals surface area contributed by atoms with Gasteiger partial charge in [0.05, 0.1) is 19.1 Å². The van der Waals surface area contributed by atoms with Crippen LogP contribution in [0.25, 0.3) is 0 Å². The number of urea groups is 1. The molecule has 2 N–H and O–H groups in total. The molecule has 0 aliphatic carbocycles. The number of imidazole rings is 1. The fourth-order valence-electron chi connectivity index (χ4n) is 3.62. The number of carbonyl (C=O) groups is 2. The van der Waals surface area contributed by atoms with Crippen molar-refractivity contribution in [2.75, 3.05) is 13.7 Å². The number of methoxy groups -OCH3 is 1. The SMILES string of the molecule is COC(=O)[C@H](CC(C)C)NC(=O)N1CCc2[nH]cnc2C1c1ccc(F)c(F)c1F. The summed E-state index contributed by atoms with van der Waals surface area (Å²) in [5.74, 6) is -4.85. The number of fused-ring (bicyclic) bond motifs is 1. The van der Waals surface area contributed by atoms with E-state index in [2.05, 4.69) is 15.3 Å². The second-order valence-electron chi connectivity index (χ2n) is 7.53. The standard InChI is InChI=1S/C20H23F3N4O3/c1-10(2)8-14(19(28)30-3)26-20(29)27-7-6-13-17(25-9-24-13)18(27)11-4-5-12(21)16(23)15(11)22/h4-5,9-10,14,18H,6-8H2,1-3H3,(H,24,25)(H,26,29)/t14-,18?/m0/s1. The molecule has 0 saturated heterocycles. The first-order valence-electron chi connectivity index (χ1n) is 9.55. The number of halogens is 3. The highest BCUT2D eigenvalue weighted by molar-refractivity contribution is 5.84. The molecule has 1 unspecified atom stereocenters. The molecule has 0 saturated carbocycles. The van der Waals surface area contributed by atoms with Crippen molar-refractivity contribution in [3.8, 4) is 0 Å². The second-order valence-corrected chi connectivity index (χ2v) is 7.53. The molecule has 2 amide bonds. The fourth-order valence-corrected chi connectivity index (χ4v) is 3.62. The average Bonchev–Trinajstić information content (AvgIpc) is 3.19. The van der Waals surface area contributed by atoms with Gasteiger partial charge in [-0.1, -0.05) is 19.9 Å². The average molecular weight is 424 g/mol. The van der Waals surface area contributed by atoms with Crippen molar-refractivity contribution in [3.63, 3.8) is 0 Å². The van der Waals surface area contributed by atoms with Crippen LogP contribution in [0.4, 0.5) is 18.0 Å². The number of esters is 1. The Kier molecular flexibility index (Phi) is 6.33. The minimum absolute atomic E-state index is 0.0909. The van der Waals surface area contributed by atoms with Gasteiger partial charge in [0, 0.05) is 24.2 Å². The van der Waals surface area contributed by atoms with Crippen molar-refractivity contribution in [1.82, 2.24) is 20.2 Å². The van der Waals surface area contributed by atoms with Gasteiger partial charge in [-0.2, -0.15) is 0 Å². The molecule has 3 rings (SSSR count). The van der Waals surface area contributed by atoms with E-state index in [0.717, 1.165) is 12.1 Å². The van der Waals surface area contributed by atoms with Crippen molar-refractivity contribution < 1.29 is 27.5 Å². The third-order valence-electron chi connectivity index (χ3n) is 5.04. The van der Waals surface area contributed by atoms with Crippen molar-refractivity contribution in [3.05, 3.63) is 52.9 Å². The topological polar surface area (TPSA) is 87.3 Å². The summed E-state index contributed by atoms with van der Waals surface area (Å²) in [7, 11) is 1.22. The molecule has 7 nitrogen and oxygen atoms in total. The van der Waals surface area contributed by atoms with Crippen LogP contribution in [0.2, 0.25) is 0 Å². The van der Waals surface area contributed by atoms with E-state index in [4.69, 9.17) is 4.74 Å². The number of amides is 2. The zero-order valence-electron chi connectivity index (χ0n) is 16.8. The zero-order valence-corrected chi connectivity index (χ0v) is 16.8. The molecule has 0 radical (unpaired) electrons. The molecule has 30 heavy (non-hydrogen) atoms. The molecule has 2 heterocycles. The zero-order chi connectivity index (χ0) is 22.0. The first kappa shape index (κ1) is 21.7. The van der Waals surface area contributed by atoms with E-state index in [9.17, 15) is 22.8 Å². The largest absolute Gasteiger partial charge is 0.467 e. The maximum Gasteiger partial charge on any atom is 0.328 e. The summed E-state index contributed by atoms with van der Waals surface area (Å²) < 4.78 is 46.8. The minimum Gasteiger partial charge on any atom is -0.467 e. The molecule has 0 bridgehead atoms. The van der Waals surface area contributed by atoms with Gasteiger partial charge < -0.3 is 19.9 Å². The van der Waals surface area contributed by atoms with Crippen LogP contribution in [-0.2, 0) is 16.0 Å². The van der Waals surface area contributed by atoms with E-state index in [1.54, 1.807) is 0 Å². The monoisotopic (exact) mass is 424 g/mol. The van der Waals surface area contributed by atoms with Crippen LogP contribution in [0.15, 0.2) is 18.5 Å². The number of H-pyrrole nitrogens is 1. The lowest BCUT2D eigenvalue weighted by Gasteiger charge is -2.36. The predicted octanol–water partition coefficient (Wildman–Crippen LogP) is 3.07. The van der Waals surface area contributed by atoms with Crippen molar-refractivity contribution >= 4 is 12.0 Å². The van der Waals surface area contributed by atoms with Gasteiger partial charge >= 0.3 is 12.0 Å². The lowest BCUT2D eigenvalue weighted by molar-refractivity contribution is -0.143. The van der Waals surface area contributed by atoms with Crippen LogP contribution >= 0.6 is 0 Å². The molecular weight excluding hydrogens is 401 g/mol. The molecular formula is C20H23F3N4O3. The molecule has 10 heteroatoms. The number of ether oxygens (including phenoxy) is 1. The number of nitrogens with zero attached hydrogens (tertiary/aromatic N) is 2. The number of aromatic amines is 1. The normalized spacial score (nSPS) is 16.9. The van der Waals surface area contributed by atoms with Crippen molar-refractivity contribution in [2.24, 2.45) is 5.92 Å². The Morgan fingerprint density at radius 2 is 2.03 bits per heavy atom. The summed E-state index contributed by atoms with van der Waals surface area (Å²) in [5, 5.41) is 2.62. The molecule has 1 aromatic heterocycles. The number of carbonyl (C=O) groups excluding carboxylic acids is 2. The van der Waals surface area contributed by atoms with Gasteiger partial charge in [0.1, 0.15) is 12.1 Å². The Morgan fingerprint density at radius 3 is 2.70 bits per heavy atom. The number of rotatable bonds is 5. The highest BCUT2D eigenvalue weighted by Crippen LogP contribution is 2.35. The number of hydrogen-bond acceptors (Lipinski definition) is 4. The summed E-state index contributed by atoms with van der Waals surface area (Å²) in [6.07, 6.45) is 2.13. The third-order valence-corrected chi connectivity index (χ3v) is 5.04. The first-order chi connectivity index (χ1) is 14.2. The van der Waals surface area contributed by atoms with E-state index >= 15 is 0 Å². The van der Waals surface area contributed by atoms with E-state index < -0.39 is 41.5 Å². The van der Waals surface area contributed by atoms with Crippen LogP contribution in [-0.4, -0.2) is 46.6 Å². The van der Waals surface area contributed by atoms with E-state index in [0.29, 0.717) is 24.2 Å². The fraction of sp³-hybridized carbons (Fsp3) is 0.450. The number of aromatic nitrogens is 2. The number of hydrogen-bond donors (Lipinski definition) is 2. The third kappa shape index (κ3) is 4.12. The molecule has 2 atom stereocenters. The Hall–Kier alpha value is -3.04. The van der Waals surface area contributed by atoms with Gasteiger partial charge in [-0.15, -0.1) is 0 Å². The summed E-state index contributed by atoms with van der Waals surface area (Å²) in [4.78, 5) is 33.5. The summed E-state index contributed by atoms with van der Waals surface area (Å²) in [6.45, 7) is 3.93. The predicted molar refractivity (Wildman–Crippen MR) is 101 cm³/mol. The van der Waals surface area contributed by atoms with Crippen LogP contribution < -0.4 is 5.32 Å². The van der Waals surface area contributed by atoms with Crippen LogP contribution in [0.1, 0.15) is 43.3 Å². The Bertz CT molecular complexity index is 947. The lowest BCUT2D eigenvalue weighted by atomic mass is 9.95. The van der Waals surface area contributed by atoms with Gasteiger partial charge in [-0.3, -0.25) is 0 Å². The Morgan fingerprint density at radius 1 is 1.30 bits per heavy atom. The number of nitrogens with one attached hydrogen (secondary N) is 2. The molecule has 1 aliphatic rings. The molecule has 0 spiro atoms. The molecule has 1 aliphatic heterocycles. The maximum atomic E-state index is 14.6. The molecule has 0 fully saturated rings. The smallest absolute Gasteiger partial charge is 0.328 e. The van der Waals surface area contributed by atoms with Gasteiger partial charge in [0.15, 0.2) is 17.5 Å². The molecule has 1 aromatic carbocycles. The Balaban J connectivity index is 1.97. The summed E-state index contributed by atoms with van der Waals surface area (Å²) in [6, 6.07) is -0.755. The highest BCUT2D eigenvalue weighted by atomic mass is 19.2. The van der Waals surface area contributed by atoms with Gasteiger partial charge in [-0.25, -0.2) is 27.7 Å². The summed E-state index contributed by atoms with van der Waals surface area (Å²) >= 11 is 0. The minimum atomic E-state index is -1.62. The molecule has 2 aromatic rings. The molecule has 162 valence electrons. The van der Waals surface area contributed by atoms with Crippen LogP contribution in [0.3, 0.4) is 0 Å². The first-order valence-corrected chi connectivity index (χ1v) is 9.55. The lowest BCUT2D eigenvalue weighted by Crippen LogP contribution is -2.52. The van der Waals surface area contributed by atoms with Crippen LogP contribution in [0, 0.1) is 23.4 Å². The van der Waals surface area contributed by atoms with Gasteiger partial charge in [-0.05, 0) is 18.4 Å². The summed E-state index contributed by atoms with van der Waals surface area (Å²) in [5.41, 5.74) is 0.773. The second kappa shape index (κ2) is 8.76. The van der Waals surface area contributed by atoms with Gasteiger partial charge in [0.25, 0.3) is 0 Å². The number of benzene rings is 1.